The number of anilines is 1. The van der Waals surface area contributed by atoms with E-state index in [1.807, 2.05) is 0 Å². The highest BCUT2D eigenvalue weighted by Gasteiger charge is 2.24. The first kappa shape index (κ1) is 12.2. The van der Waals surface area contributed by atoms with E-state index in [2.05, 4.69) is 14.9 Å². The quantitative estimate of drug-likeness (QED) is 0.790. The molecular formula is C13H19ClN4. The Balaban J connectivity index is 1.97. The van der Waals surface area contributed by atoms with Crippen molar-refractivity contribution in [1.82, 2.24) is 9.97 Å². The molecule has 1 saturated heterocycles. The topological polar surface area (TPSA) is 55.0 Å². The molecule has 1 unspecified atom stereocenters. The fourth-order valence-corrected chi connectivity index (χ4v) is 3.19. The fraction of sp³-hybridized carbons (Fsp3) is 0.692. The first-order valence-corrected chi connectivity index (χ1v) is 7.17. The lowest BCUT2D eigenvalue weighted by Crippen LogP contribution is -2.43. The molecule has 5 heteroatoms. The number of rotatable bonds is 1. The first-order chi connectivity index (χ1) is 8.74. The van der Waals surface area contributed by atoms with Gasteiger partial charge >= 0.3 is 0 Å². The van der Waals surface area contributed by atoms with Gasteiger partial charge in [0, 0.05) is 24.7 Å². The van der Waals surface area contributed by atoms with Crippen molar-refractivity contribution >= 4 is 17.4 Å². The molecular weight excluding hydrogens is 248 g/mol. The molecule has 1 atom stereocenters. The maximum Gasteiger partial charge on any atom is 0.224 e. The molecule has 1 aromatic heterocycles. The van der Waals surface area contributed by atoms with E-state index in [4.69, 9.17) is 17.3 Å². The maximum absolute atomic E-state index is 6.06. The summed E-state index contributed by atoms with van der Waals surface area (Å²) in [5.74, 6) is 1.04. The van der Waals surface area contributed by atoms with Crippen molar-refractivity contribution in [2.75, 3.05) is 18.0 Å². The second-order valence-electron chi connectivity index (χ2n) is 5.30. The second-order valence-corrected chi connectivity index (χ2v) is 5.63. The van der Waals surface area contributed by atoms with Crippen LogP contribution in [-0.2, 0) is 12.8 Å². The zero-order chi connectivity index (χ0) is 12.5. The van der Waals surface area contributed by atoms with Crippen molar-refractivity contribution in [3.8, 4) is 0 Å². The monoisotopic (exact) mass is 266 g/mol. The molecule has 1 aliphatic heterocycles. The van der Waals surface area contributed by atoms with Gasteiger partial charge in [0.2, 0.25) is 5.28 Å². The van der Waals surface area contributed by atoms with Crippen molar-refractivity contribution in [3.63, 3.8) is 0 Å². The van der Waals surface area contributed by atoms with Gasteiger partial charge in [0.25, 0.3) is 0 Å². The van der Waals surface area contributed by atoms with Crippen LogP contribution in [0, 0.1) is 0 Å². The van der Waals surface area contributed by atoms with E-state index in [0.29, 0.717) is 5.28 Å². The molecule has 0 radical (unpaired) electrons. The third kappa shape index (κ3) is 2.31. The zero-order valence-corrected chi connectivity index (χ0v) is 11.3. The van der Waals surface area contributed by atoms with E-state index in [9.17, 15) is 0 Å². The molecule has 2 aliphatic rings. The minimum Gasteiger partial charge on any atom is -0.355 e. The highest BCUT2D eigenvalue weighted by molar-refractivity contribution is 6.28. The number of hydrogen-bond acceptors (Lipinski definition) is 4. The van der Waals surface area contributed by atoms with Gasteiger partial charge in [0.15, 0.2) is 0 Å². The molecule has 18 heavy (non-hydrogen) atoms. The van der Waals surface area contributed by atoms with Crippen LogP contribution in [0.2, 0.25) is 5.28 Å². The van der Waals surface area contributed by atoms with Crippen LogP contribution in [0.3, 0.4) is 0 Å². The van der Waals surface area contributed by atoms with Gasteiger partial charge in [-0.15, -0.1) is 0 Å². The Kier molecular flexibility index (Phi) is 3.39. The van der Waals surface area contributed by atoms with Crippen molar-refractivity contribution in [2.24, 2.45) is 5.73 Å². The number of aryl methyl sites for hydroxylation is 1. The minimum atomic E-state index is 0.256. The number of nitrogens with zero attached hydrogens (tertiary/aromatic N) is 3. The van der Waals surface area contributed by atoms with Crippen molar-refractivity contribution in [2.45, 2.75) is 44.6 Å². The van der Waals surface area contributed by atoms with Crippen LogP contribution in [0.1, 0.15) is 36.9 Å². The summed E-state index contributed by atoms with van der Waals surface area (Å²) in [6.45, 7) is 1.92. The molecule has 4 nitrogen and oxygen atoms in total. The van der Waals surface area contributed by atoms with E-state index in [0.717, 1.165) is 50.3 Å². The molecule has 2 heterocycles. The third-order valence-electron chi connectivity index (χ3n) is 3.89. The zero-order valence-electron chi connectivity index (χ0n) is 10.5. The van der Waals surface area contributed by atoms with Gasteiger partial charge in [-0.25, -0.2) is 9.97 Å². The summed E-state index contributed by atoms with van der Waals surface area (Å²) in [5, 5.41) is 0.379. The highest BCUT2D eigenvalue weighted by Crippen LogP contribution is 2.30. The Labute approximate surface area is 113 Å². The lowest BCUT2D eigenvalue weighted by molar-refractivity contribution is 0.500. The van der Waals surface area contributed by atoms with Crippen LogP contribution >= 0.6 is 11.6 Å². The summed E-state index contributed by atoms with van der Waals surface area (Å²) in [5.41, 5.74) is 8.51. The van der Waals surface area contributed by atoms with Crippen LogP contribution in [0.25, 0.3) is 0 Å². The molecule has 0 amide bonds. The molecule has 1 aromatic rings. The lowest BCUT2D eigenvalue weighted by atomic mass is 9.95. The molecule has 0 bridgehead atoms. The molecule has 3 rings (SSSR count). The van der Waals surface area contributed by atoms with Gasteiger partial charge in [0.1, 0.15) is 5.82 Å². The first-order valence-electron chi connectivity index (χ1n) is 6.80. The average Bonchev–Trinajstić information content (AvgIpc) is 2.37. The summed E-state index contributed by atoms with van der Waals surface area (Å²) in [4.78, 5) is 11.2. The minimum absolute atomic E-state index is 0.256. The standard InChI is InChI=1S/C13H19ClN4/c14-13-16-11-6-2-1-5-10(11)12(17-13)18-7-3-4-9(15)8-18/h9H,1-8,15H2. The predicted molar refractivity (Wildman–Crippen MR) is 73.1 cm³/mol. The summed E-state index contributed by atoms with van der Waals surface area (Å²) in [6.07, 6.45) is 6.79. The van der Waals surface area contributed by atoms with Gasteiger partial charge in [0.05, 0.1) is 5.69 Å². The second kappa shape index (κ2) is 5.02. The van der Waals surface area contributed by atoms with Gasteiger partial charge in [-0.3, -0.25) is 0 Å². The summed E-state index contributed by atoms with van der Waals surface area (Å²) >= 11 is 6.06. The van der Waals surface area contributed by atoms with E-state index >= 15 is 0 Å². The Bertz CT molecular complexity index is 449. The van der Waals surface area contributed by atoms with Gasteiger partial charge in [-0.1, -0.05) is 0 Å². The summed E-state index contributed by atoms with van der Waals surface area (Å²) in [6, 6.07) is 0.256. The van der Waals surface area contributed by atoms with Crippen LogP contribution in [0.4, 0.5) is 5.82 Å². The summed E-state index contributed by atoms with van der Waals surface area (Å²) < 4.78 is 0. The van der Waals surface area contributed by atoms with E-state index in [-0.39, 0.29) is 6.04 Å². The number of fused-ring (bicyclic) bond motifs is 1. The average molecular weight is 267 g/mol. The Hall–Kier alpha value is -0.870. The van der Waals surface area contributed by atoms with Crippen LogP contribution in [-0.4, -0.2) is 29.1 Å². The molecule has 1 fully saturated rings. The fourth-order valence-electron chi connectivity index (χ4n) is 3.01. The van der Waals surface area contributed by atoms with Gasteiger partial charge < -0.3 is 10.6 Å². The number of aromatic nitrogens is 2. The lowest BCUT2D eigenvalue weighted by Gasteiger charge is -2.34. The Morgan fingerprint density at radius 1 is 1.17 bits per heavy atom. The molecule has 2 N–H and O–H groups in total. The molecule has 0 spiro atoms. The SMILES string of the molecule is NC1CCCN(c2nc(Cl)nc3c2CCCC3)C1. The molecule has 0 aromatic carbocycles. The number of halogens is 1. The van der Waals surface area contributed by atoms with Crippen LogP contribution in [0.15, 0.2) is 0 Å². The van der Waals surface area contributed by atoms with Crippen molar-refractivity contribution in [1.29, 1.82) is 0 Å². The largest absolute Gasteiger partial charge is 0.355 e. The van der Waals surface area contributed by atoms with Crippen LogP contribution in [0.5, 0.6) is 0 Å². The Morgan fingerprint density at radius 3 is 2.83 bits per heavy atom. The van der Waals surface area contributed by atoms with Gasteiger partial charge in [-0.05, 0) is 50.1 Å². The highest BCUT2D eigenvalue weighted by atomic mass is 35.5. The molecule has 1 aliphatic carbocycles. The maximum atomic E-state index is 6.06. The van der Waals surface area contributed by atoms with E-state index in [1.54, 1.807) is 0 Å². The van der Waals surface area contributed by atoms with E-state index in [1.165, 1.54) is 18.4 Å². The Morgan fingerprint density at radius 2 is 2.00 bits per heavy atom. The molecule has 98 valence electrons. The molecule has 0 saturated carbocycles. The number of nitrogens with two attached hydrogens (primary N) is 1. The normalized spacial score (nSPS) is 23.9. The van der Waals surface area contributed by atoms with E-state index < -0.39 is 0 Å². The number of hydrogen-bond donors (Lipinski definition) is 1. The van der Waals surface area contributed by atoms with Crippen LogP contribution < -0.4 is 10.6 Å². The van der Waals surface area contributed by atoms with Crippen molar-refractivity contribution in [3.05, 3.63) is 16.5 Å². The van der Waals surface area contributed by atoms with Gasteiger partial charge in [-0.2, -0.15) is 0 Å². The number of piperidine rings is 1. The summed E-state index contributed by atoms with van der Waals surface area (Å²) in [7, 11) is 0. The predicted octanol–water partition coefficient (Wildman–Crippen LogP) is 1.94. The third-order valence-corrected chi connectivity index (χ3v) is 4.06. The smallest absolute Gasteiger partial charge is 0.224 e. The van der Waals surface area contributed by atoms with Crippen molar-refractivity contribution < 1.29 is 0 Å².